The number of anilines is 1. The molecule has 118 valence electrons. The number of halogens is 1. The van der Waals surface area contributed by atoms with Gasteiger partial charge in [0.05, 0.1) is 17.0 Å². The molecule has 0 spiro atoms. The number of amides is 1. The predicted molar refractivity (Wildman–Crippen MR) is 86.5 cm³/mol. The number of carbonyl (C=O) groups excluding carboxylic acids is 1. The van der Waals surface area contributed by atoms with Crippen LogP contribution in [-0.2, 0) is 10.0 Å². The number of nitrogens with zero attached hydrogens (tertiary/aromatic N) is 1. The van der Waals surface area contributed by atoms with Crippen LogP contribution in [-0.4, -0.2) is 34.2 Å². The van der Waals surface area contributed by atoms with Crippen LogP contribution in [0.1, 0.15) is 31.1 Å². The monoisotopic (exact) mass is 332 g/mol. The SMILES string of the molecule is CN(c1cc(C(=O)NCC(C)(C)C)ccc1Cl)S(C)(=O)=O. The van der Waals surface area contributed by atoms with Gasteiger partial charge in [-0.3, -0.25) is 9.10 Å². The number of nitrogens with one attached hydrogen (secondary N) is 1. The number of rotatable bonds is 4. The molecule has 0 atom stereocenters. The molecular weight excluding hydrogens is 312 g/mol. The maximum absolute atomic E-state index is 12.1. The van der Waals surface area contributed by atoms with Gasteiger partial charge in [-0.05, 0) is 23.6 Å². The van der Waals surface area contributed by atoms with Crippen LogP contribution in [0.4, 0.5) is 5.69 Å². The Morgan fingerprint density at radius 2 is 1.90 bits per heavy atom. The Morgan fingerprint density at radius 3 is 2.38 bits per heavy atom. The molecular formula is C14H21ClN2O3S. The molecule has 0 heterocycles. The Hall–Kier alpha value is -1.27. The molecule has 1 aromatic rings. The number of hydrogen-bond acceptors (Lipinski definition) is 3. The van der Waals surface area contributed by atoms with Gasteiger partial charge >= 0.3 is 0 Å². The lowest BCUT2D eigenvalue weighted by Gasteiger charge is -2.20. The first-order valence-electron chi connectivity index (χ1n) is 6.43. The molecule has 1 amide bonds. The zero-order chi connectivity index (χ0) is 16.4. The van der Waals surface area contributed by atoms with E-state index in [2.05, 4.69) is 5.32 Å². The average molecular weight is 333 g/mol. The standard InChI is InChI=1S/C14H21ClN2O3S/c1-14(2,3)9-16-13(18)10-6-7-11(15)12(8-10)17(4)21(5,19)20/h6-8H,9H2,1-5H3,(H,16,18). The molecule has 21 heavy (non-hydrogen) atoms. The van der Waals surface area contributed by atoms with Gasteiger partial charge in [-0.1, -0.05) is 32.4 Å². The summed E-state index contributed by atoms with van der Waals surface area (Å²) in [5.74, 6) is -0.259. The summed E-state index contributed by atoms with van der Waals surface area (Å²) in [5.41, 5.74) is 0.616. The van der Waals surface area contributed by atoms with E-state index in [1.165, 1.54) is 19.2 Å². The van der Waals surface area contributed by atoms with Crippen molar-refractivity contribution in [2.45, 2.75) is 20.8 Å². The summed E-state index contributed by atoms with van der Waals surface area (Å²) in [6, 6.07) is 4.56. The van der Waals surface area contributed by atoms with Crippen LogP contribution in [0.2, 0.25) is 5.02 Å². The van der Waals surface area contributed by atoms with E-state index in [0.717, 1.165) is 10.6 Å². The summed E-state index contributed by atoms with van der Waals surface area (Å²) in [7, 11) is -2.04. The van der Waals surface area contributed by atoms with Gasteiger partial charge in [0, 0.05) is 19.2 Å². The molecule has 1 aromatic carbocycles. The molecule has 0 aliphatic heterocycles. The summed E-state index contributed by atoms with van der Waals surface area (Å²) in [5, 5.41) is 3.09. The van der Waals surface area contributed by atoms with Gasteiger partial charge in [0.15, 0.2) is 0 Å². The Labute approximate surface area is 131 Å². The van der Waals surface area contributed by atoms with Crippen LogP contribution in [0, 0.1) is 5.41 Å². The molecule has 0 aromatic heterocycles. The third kappa shape index (κ3) is 5.21. The molecule has 0 saturated carbocycles. The number of sulfonamides is 1. The van der Waals surface area contributed by atoms with Crippen molar-refractivity contribution >= 4 is 33.2 Å². The van der Waals surface area contributed by atoms with Crippen LogP contribution in [0.15, 0.2) is 18.2 Å². The highest BCUT2D eigenvalue weighted by Gasteiger charge is 2.18. The Bertz CT molecular complexity index is 636. The number of carbonyl (C=O) groups is 1. The average Bonchev–Trinajstić information content (AvgIpc) is 2.33. The summed E-state index contributed by atoms with van der Waals surface area (Å²) < 4.78 is 24.2. The van der Waals surface area contributed by atoms with Crippen molar-refractivity contribution in [2.24, 2.45) is 5.41 Å². The molecule has 7 heteroatoms. The van der Waals surface area contributed by atoms with Gasteiger partial charge in [0.2, 0.25) is 10.0 Å². The number of benzene rings is 1. The summed E-state index contributed by atoms with van der Waals surface area (Å²) in [4.78, 5) is 12.1. The van der Waals surface area contributed by atoms with Crippen molar-refractivity contribution in [3.8, 4) is 0 Å². The lowest BCUT2D eigenvalue weighted by Crippen LogP contribution is -2.32. The maximum atomic E-state index is 12.1. The molecule has 0 bridgehead atoms. The van der Waals surface area contributed by atoms with Crippen LogP contribution in [0.25, 0.3) is 0 Å². The molecule has 0 aliphatic carbocycles. The lowest BCUT2D eigenvalue weighted by molar-refractivity contribution is 0.0939. The van der Waals surface area contributed by atoms with E-state index >= 15 is 0 Å². The normalized spacial score (nSPS) is 12.1. The smallest absolute Gasteiger partial charge is 0.251 e. The second kappa shape index (κ2) is 6.23. The molecule has 1 N–H and O–H groups in total. The van der Waals surface area contributed by atoms with E-state index in [4.69, 9.17) is 11.6 Å². The first-order chi connectivity index (χ1) is 9.42. The van der Waals surface area contributed by atoms with Crippen molar-refractivity contribution in [1.29, 1.82) is 0 Å². The second-order valence-corrected chi connectivity index (χ2v) is 8.56. The van der Waals surface area contributed by atoms with E-state index in [1.54, 1.807) is 6.07 Å². The van der Waals surface area contributed by atoms with E-state index < -0.39 is 10.0 Å². The van der Waals surface area contributed by atoms with Crippen molar-refractivity contribution in [2.75, 3.05) is 24.2 Å². The highest BCUT2D eigenvalue weighted by Crippen LogP contribution is 2.27. The molecule has 1 rings (SSSR count). The zero-order valence-corrected chi connectivity index (χ0v) is 14.5. The summed E-state index contributed by atoms with van der Waals surface area (Å²) >= 11 is 6.01. The fraction of sp³-hybridized carbons (Fsp3) is 0.500. The molecule has 0 radical (unpaired) electrons. The van der Waals surface area contributed by atoms with Crippen LogP contribution in [0.3, 0.4) is 0 Å². The van der Waals surface area contributed by atoms with Crippen molar-refractivity contribution < 1.29 is 13.2 Å². The molecule has 5 nitrogen and oxygen atoms in total. The minimum Gasteiger partial charge on any atom is -0.352 e. The molecule has 0 aliphatic rings. The lowest BCUT2D eigenvalue weighted by atomic mass is 9.97. The Balaban J connectivity index is 3.04. The fourth-order valence-electron chi connectivity index (χ4n) is 1.52. The topological polar surface area (TPSA) is 66.5 Å². The van der Waals surface area contributed by atoms with Crippen LogP contribution < -0.4 is 9.62 Å². The van der Waals surface area contributed by atoms with E-state index in [9.17, 15) is 13.2 Å². The number of hydrogen-bond donors (Lipinski definition) is 1. The highest BCUT2D eigenvalue weighted by atomic mass is 35.5. The van der Waals surface area contributed by atoms with Crippen LogP contribution in [0.5, 0.6) is 0 Å². The minimum atomic E-state index is -3.44. The van der Waals surface area contributed by atoms with Crippen LogP contribution >= 0.6 is 11.6 Å². The maximum Gasteiger partial charge on any atom is 0.251 e. The first-order valence-corrected chi connectivity index (χ1v) is 8.66. The minimum absolute atomic E-state index is 0.0333. The largest absolute Gasteiger partial charge is 0.352 e. The molecule has 0 fully saturated rings. The molecule has 0 saturated heterocycles. The van der Waals surface area contributed by atoms with Gasteiger partial charge in [-0.2, -0.15) is 0 Å². The third-order valence-electron chi connectivity index (χ3n) is 2.82. The van der Waals surface area contributed by atoms with Crippen molar-refractivity contribution in [3.05, 3.63) is 28.8 Å². The first kappa shape index (κ1) is 17.8. The predicted octanol–water partition coefficient (Wildman–Crippen LogP) is 2.51. The van der Waals surface area contributed by atoms with Gasteiger partial charge in [0.25, 0.3) is 5.91 Å². The van der Waals surface area contributed by atoms with E-state index in [-0.39, 0.29) is 22.0 Å². The Morgan fingerprint density at radius 1 is 1.33 bits per heavy atom. The van der Waals surface area contributed by atoms with E-state index in [1.807, 2.05) is 20.8 Å². The van der Waals surface area contributed by atoms with Gasteiger partial charge in [-0.15, -0.1) is 0 Å². The zero-order valence-electron chi connectivity index (χ0n) is 12.9. The quantitative estimate of drug-likeness (QED) is 0.921. The fourth-order valence-corrected chi connectivity index (χ4v) is 2.32. The van der Waals surface area contributed by atoms with Crippen molar-refractivity contribution in [3.63, 3.8) is 0 Å². The second-order valence-electron chi connectivity index (χ2n) is 6.14. The van der Waals surface area contributed by atoms with Crippen molar-refractivity contribution in [1.82, 2.24) is 5.32 Å². The third-order valence-corrected chi connectivity index (χ3v) is 4.34. The van der Waals surface area contributed by atoms with E-state index in [0.29, 0.717) is 12.1 Å². The highest BCUT2D eigenvalue weighted by molar-refractivity contribution is 7.92. The Kier molecular flexibility index (Phi) is 5.28. The van der Waals surface area contributed by atoms with Gasteiger partial charge in [-0.25, -0.2) is 8.42 Å². The van der Waals surface area contributed by atoms with Gasteiger partial charge in [0.1, 0.15) is 0 Å². The summed E-state index contributed by atoms with van der Waals surface area (Å²) in [6.07, 6.45) is 1.08. The van der Waals surface area contributed by atoms with Gasteiger partial charge < -0.3 is 5.32 Å². The summed E-state index contributed by atoms with van der Waals surface area (Å²) in [6.45, 7) is 6.56. The molecule has 0 unspecified atom stereocenters.